The second kappa shape index (κ2) is 9.66. The summed E-state index contributed by atoms with van der Waals surface area (Å²) in [5, 5.41) is 4.30. The minimum atomic E-state index is -1.48. The fourth-order valence-electron chi connectivity index (χ4n) is 3.50. The van der Waals surface area contributed by atoms with Crippen molar-refractivity contribution in [2.45, 2.75) is 57.8 Å². The Morgan fingerprint density at radius 1 is 1.24 bits per heavy atom. The molecule has 2 atom stereocenters. The zero-order valence-electron chi connectivity index (χ0n) is 19.1. The Bertz CT molecular complexity index is 1090. The highest BCUT2D eigenvalue weighted by Crippen LogP contribution is 2.31. The highest BCUT2D eigenvalue weighted by Gasteiger charge is 2.43. The molecule has 0 fully saturated rings. The Balaban J connectivity index is 1.85. The molecule has 2 aromatic rings. The Morgan fingerprint density at radius 2 is 1.97 bits per heavy atom. The molecule has 176 valence electrons. The van der Waals surface area contributed by atoms with Crippen LogP contribution in [0, 0.1) is 0 Å². The SMILES string of the molecule is CCC1(C(=O)NC(CC(=O)OC(C)(C)C)C(=O)CF)C=C(c2nccc3ccccc23)NO1. The molecule has 8 nitrogen and oxygen atoms in total. The van der Waals surface area contributed by atoms with Crippen molar-refractivity contribution >= 4 is 34.1 Å². The van der Waals surface area contributed by atoms with Crippen LogP contribution in [0.1, 0.15) is 46.2 Å². The van der Waals surface area contributed by atoms with Crippen LogP contribution in [0.15, 0.2) is 42.6 Å². The summed E-state index contributed by atoms with van der Waals surface area (Å²) < 4.78 is 18.4. The van der Waals surface area contributed by atoms with E-state index >= 15 is 0 Å². The van der Waals surface area contributed by atoms with Gasteiger partial charge in [0.05, 0.1) is 17.8 Å². The molecular weight excluding hydrogens is 429 g/mol. The maximum absolute atomic E-state index is 13.2. The Morgan fingerprint density at radius 3 is 2.64 bits per heavy atom. The molecular formula is C24H28FN3O5. The van der Waals surface area contributed by atoms with E-state index < -0.39 is 48.0 Å². The van der Waals surface area contributed by atoms with Crippen molar-refractivity contribution in [1.29, 1.82) is 0 Å². The predicted octanol–water partition coefficient (Wildman–Crippen LogP) is 3.01. The van der Waals surface area contributed by atoms with Gasteiger partial charge in [0, 0.05) is 11.6 Å². The van der Waals surface area contributed by atoms with Crippen LogP contribution in [-0.4, -0.2) is 46.6 Å². The number of rotatable bonds is 8. The fraction of sp³-hybridized carbons (Fsp3) is 0.417. The summed E-state index contributed by atoms with van der Waals surface area (Å²) in [5.41, 5.74) is 1.60. The summed E-state index contributed by atoms with van der Waals surface area (Å²) in [6.45, 7) is 5.43. The second-order valence-corrected chi connectivity index (χ2v) is 8.80. The van der Waals surface area contributed by atoms with E-state index in [9.17, 15) is 18.8 Å². The van der Waals surface area contributed by atoms with Crippen molar-refractivity contribution in [3.05, 3.63) is 48.3 Å². The lowest BCUT2D eigenvalue weighted by atomic mass is 9.96. The van der Waals surface area contributed by atoms with Gasteiger partial charge in [0.2, 0.25) is 0 Å². The van der Waals surface area contributed by atoms with Gasteiger partial charge in [0.25, 0.3) is 5.91 Å². The van der Waals surface area contributed by atoms with Gasteiger partial charge < -0.3 is 10.1 Å². The van der Waals surface area contributed by atoms with Gasteiger partial charge in [-0.25, -0.2) is 4.39 Å². The summed E-state index contributed by atoms with van der Waals surface area (Å²) in [7, 11) is 0. The number of ketones is 1. The van der Waals surface area contributed by atoms with E-state index in [4.69, 9.17) is 9.57 Å². The van der Waals surface area contributed by atoms with Crippen molar-refractivity contribution < 1.29 is 28.3 Å². The van der Waals surface area contributed by atoms with Crippen molar-refractivity contribution in [2.75, 3.05) is 6.67 Å². The lowest BCUT2D eigenvalue weighted by Crippen LogP contribution is -2.53. The minimum absolute atomic E-state index is 0.211. The van der Waals surface area contributed by atoms with Crippen molar-refractivity contribution in [3.63, 3.8) is 0 Å². The van der Waals surface area contributed by atoms with Crippen LogP contribution in [0.4, 0.5) is 4.39 Å². The molecule has 2 N–H and O–H groups in total. The second-order valence-electron chi connectivity index (χ2n) is 8.80. The number of pyridine rings is 1. The van der Waals surface area contributed by atoms with Gasteiger partial charge in [0.15, 0.2) is 11.4 Å². The zero-order valence-corrected chi connectivity index (χ0v) is 19.1. The summed E-state index contributed by atoms with van der Waals surface area (Å²) in [6, 6.07) is 8.14. The first-order valence-electron chi connectivity index (χ1n) is 10.7. The molecule has 0 saturated heterocycles. The van der Waals surface area contributed by atoms with Crippen molar-refractivity contribution in [1.82, 2.24) is 15.8 Å². The first-order chi connectivity index (χ1) is 15.6. The lowest BCUT2D eigenvalue weighted by molar-refractivity contribution is -0.157. The van der Waals surface area contributed by atoms with Crippen LogP contribution >= 0.6 is 0 Å². The molecule has 0 saturated carbocycles. The number of carbonyl (C=O) groups excluding carboxylic acids is 3. The number of fused-ring (bicyclic) bond motifs is 1. The van der Waals surface area contributed by atoms with E-state index in [0.29, 0.717) is 11.4 Å². The molecule has 2 heterocycles. The quantitative estimate of drug-likeness (QED) is 0.587. The highest BCUT2D eigenvalue weighted by atomic mass is 19.1. The van der Waals surface area contributed by atoms with E-state index in [-0.39, 0.29) is 6.42 Å². The Hall–Kier alpha value is -3.33. The van der Waals surface area contributed by atoms with Gasteiger partial charge in [-0.2, -0.15) is 0 Å². The lowest BCUT2D eigenvalue weighted by Gasteiger charge is -2.26. The van der Waals surface area contributed by atoms with E-state index in [2.05, 4.69) is 15.8 Å². The number of aromatic nitrogens is 1. The molecule has 3 rings (SSSR count). The molecule has 0 radical (unpaired) electrons. The first kappa shape index (κ1) is 24.3. The number of halogens is 1. The average molecular weight is 458 g/mol. The molecule has 1 aromatic carbocycles. The number of benzene rings is 1. The number of esters is 1. The number of alkyl halides is 1. The van der Waals surface area contributed by atoms with E-state index in [0.717, 1.165) is 10.8 Å². The van der Waals surface area contributed by atoms with E-state index in [1.165, 1.54) is 0 Å². The maximum Gasteiger partial charge on any atom is 0.308 e. The summed E-state index contributed by atoms with van der Waals surface area (Å²) in [5.74, 6) is -2.32. The molecule has 9 heteroatoms. The van der Waals surface area contributed by atoms with Gasteiger partial charge in [-0.05, 0) is 44.7 Å². The molecule has 33 heavy (non-hydrogen) atoms. The van der Waals surface area contributed by atoms with Crippen LogP contribution in [0.2, 0.25) is 0 Å². The first-order valence-corrected chi connectivity index (χ1v) is 10.7. The molecule has 0 spiro atoms. The molecule has 0 aliphatic carbocycles. The van der Waals surface area contributed by atoms with Gasteiger partial charge in [-0.1, -0.05) is 31.2 Å². The number of carbonyl (C=O) groups is 3. The number of hydrogen-bond acceptors (Lipinski definition) is 7. The number of hydroxylamine groups is 1. The third-order valence-electron chi connectivity index (χ3n) is 5.18. The summed E-state index contributed by atoms with van der Waals surface area (Å²) in [6.07, 6.45) is 2.97. The topological polar surface area (TPSA) is 107 Å². The van der Waals surface area contributed by atoms with Gasteiger partial charge >= 0.3 is 5.97 Å². The van der Waals surface area contributed by atoms with E-state index in [1.54, 1.807) is 40.0 Å². The molecule has 1 aromatic heterocycles. The number of Topliss-reactive ketones (excluding diaryl/α,β-unsaturated/α-hetero) is 1. The number of ether oxygens (including phenoxy) is 1. The fourth-order valence-corrected chi connectivity index (χ4v) is 3.50. The number of nitrogens with one attached hydrogen (secondary N) is 2. The van der Waals surface area contributed by atoms with Gasteiger partial charge in [-0.15, -0.1) is 0 Å². The number of hydrogen-bond donors (Lipinski definition) is 2. The molecule has 2 unspecified atom stereocenters. The molecule has 0 bridgehead atoms. The maximum atomic E-state index is 13.2. The zero-order chi connectivity index (χ0) is 24.2. The van der Waals surface area contributed by atoms with Crippen LogP contribution in [0.5, 0.6) is 0 Å². The van der Waals surface area contributed by atoms with Gasteiger partial charge in [-0.3, -0.25) is 29.7 Å². The minimum Gasteiger partial charge on any atom is -0.460 e. The molecule has 1 aliphatic heterocycles. The van der Waals surface area contributed by atoms with E-state index in [1.807, 2.05) is 30.3 Å². The van der Waals surface area contributed by atoms with Crippen LogP contribution in [0.3, 0.4) is 0 Å². The normalized spacial score (nSPS) is 18.9. The van der Waals surface area contributed by atoms with Crippen molar-refractivity contribution in [3.8, 4) is 0 Å². The third kappa shape index (κ3) is 5.54. The van der Waals surface area contributed by atoms with Crippen LogP contribution in [0.25, 0.3) is 16.5 Å². The number of amides is 1. The average Bonchev–Trinajstić information content (AvgIpc) is 3.22. The number of nitrogens with zero attached hydrogens (tertiary/aromatic N) is 1. The monoisotopic (exact) mass is 457 g/mol. The summed E-state index contributed by atoms with van der Waals surface area (Å²) in [4.78, 5) is 47.5. The third-order valence-corrected chi connectivity index (χ3v) is 5.18. The summed E-state index contributed by atoms with van der Waals surface area (Å²) >= 11 is 0. The van der Waals surface area contributed by atoms with Crippen LogP contribution < -0.4 is 10.8 Å². The largest absolute Gasteiger partial charge is 0.460 e. The van der Waals surface area contributed by atoms with Crippen LogP contribution in [-0.2, 0) is 24.0 Å². The molecule has 1 amide bonds. The molecule has 1 aliphatic rings. The predicted molar refractivity (Wildman–Crippen MR) is 120 cm³/mol. The van der Waals surface area contributed by atoms with Gasteiger partial charge in [0.1, 0.15) is 18.3 Å². The standard InChI is InChI=1S/C24H28FN3O5/c1-5-24(22(31)27-17(19(29)14-25)12-20(30)32-23(2,3)4)13-18(28-33-24)21-16-9-7-6-8-15(16)10-11-26-21/h6-11,13,17,28H,5,12,14H2,1-4H3,(H,27,31). The smallest absolute Gasteiger partial charge is 0.308 e. The Labute approximate surface area is 191 Å². The van der Waals surface area contributed by atoms with Crippen molar-refractivity contribution in [2.24, 2.45) is 0 Å². The Kier molecular flexibility index (Phi) is 7.12. The highest BCUT2D eigenvalue weighted by molar-refractivity contribution is 5.98.